The SMILES string of the molecule is CN(C)S(=O)(=O)c1ccc(OCc2ccco2)c(N)c1. The largest absolute Gasteiger partial charge is 0.483 e. The highest BCUT2D eigenvalue weighted by molar-refractivity contribution is 7.89. The normalized spacial score (nSPS) is 11.8. The number of hydrogen-bond acceptors (Lipinski definition) is 5. The molecule has 108 valence electrons. The van der Waals surface area contributed by atoms with Crippen molar-refractivity contribution < 1.29 is 17.6 Å². The molecule has 0 spiro atoms. The van der Waals surface area contributed by atoms with Crippen LogP contribution in [0.5, 0.6) is 5.75 Å². The summed E-state index contributed by atoms with van der Waals surface area (Å²) in [5.74, 6) is 1.08. The molecule has 1 aromatic heterocycles. The van der Waals surface area contributed by atoms with Gasteiger partial charge in [-0.2, -0.15) is 0 Å². The molecule has 6 nitrogen and oxygen atoms in total. The fourth-order valence-electron chi connectivity index (χ4n) is 1.57. The van der Waals surface area contributed by atoms with E-state index in [4.69, 9.17) is 14.9 Å². The van der Waals surface area contributed by atoms with E-state index in [0.29, 0.717) is 11.5 Å². The molecule has 0 fully saturated rings. The van der Waals surface area contributed by atoms with Crippen LogP contribution in [0.15, 0.2) is 45.9 Å². The molecule has 0 saturated carbocycles. The van der Waals surface area contributed by atoms with E-state index in [1.54, 1.807) is 18.4 Å². The molecule has 20 heavy (non-hydrogen) atoms. The van der Waals surface area contributed by atoms with Crippen LogP contribution in [-0.4, -0.2) is 26.8 Å². The molecule has 0 aliphatic heterocycles. The van der Waals surface area contributed by atoms with Crippen LogP contribution in [0.25, 0.3) is 0 Å². The van der Waals surface area contributed by atoms with Crippen molar-refractivity contribution in [3.8, 4) is 5.75 Å². The first-order valence-electron chi connectivity index (χ1n) is 5.88. The molecule has 0 aliphatic carbocycles. The van der Waals surface area contributed by atoms with Crippen molar-refractivity contribution in [3.63, 3.8) is 0 Å². The van der Waals surface area contributed by atoms with E-state index >= 15 is 0 Å². The smallest absolute Gasteiger partial charge is 0.242 e. The van der Waals surface area contributed by atoms with Crippen molar-refractivity contribution in [1.82, 2.24) is 4.31 Å². The van der Waals surface area contributed by atoms with E-state index in [-0.39, 0.29) is 17.2 Å². The number of rotatable bonds is 5. The number of sulfonamides is 1. The average molecular weight is 296 g/mol. The lowest BCUT2D eigenvalue weighted by Gasteiger charge is -2.13. The zero-order chi connectivity index (χ0) is 14.8. The van der Waals surface area contributed by atoms with Gasteiger partial charge in [-0.05, 0) is 30.3 Å². The van der Waals surface area contributed by atoms with Crippen LogP contribution in [0.1, 0.15) is 5.76 Å². The molecular formula is C13H16N2O4S. The summed E-state index contributed by atoms with van der Waals surface area (Å²) in [4.78, 5) is 0.130. The van der Waals surface area contributed by atoms with Crippen LogP contribution < -0.4 is 10.5 Å². The Bertz CT molecular complexity index is 678. The standard InChI is InChI=1S/C13H16N2O4S/c1-15(2)20(16,17)11-5-6-13(12(14)8-11)19-9-10-4-3-7-18-10/h3-8H,9,14H2,1-2H3. The number of nitrogens with zero attached hydrogens (tertiary/aromatic N) is 1. The molecule has 7 heteroatoms. The highest BCUT2D eigenvalue weighted by atomic mass is 32.2. The lowest BCUT2D eigenvalue weighted by molar-refractivity contribution is 0.271. The Labute approximate surface area is 117 Å². The van der Waals surface area contributed by atoms with Crippen LogP contribution in [0, 0.1) is 0 Å². The van der Waals surface area contributed by atoms with E-state index in [1.165, 1.54) is 32.3 Å². The number of nitrogens with two attached hydrogens (primary N) is 1. The predicted octanol–water partition coefficient (Wildman–Crippen LogP) is 1.69. The second kappa shape index (κ2) is 5.56. The Morgan fingerprint density at radius 2 is 2.05 bits per heavy atom. The third-order valence-electron chi connectivity index (χ3n) is 2.71. The summed E-state index contributed by atoms with van der Waals surface area (Å²) in [5, 5.41) is 0. The van der Waals surface area contributed by atoms with Gasteiger partial charge in [0.2, 0.25) is 10.0 Å². The van der Waals surface area contributed by atoms with Gasteiger partial charge >= 0.3 is 0 Å². The zero-order valence-corrected chi connectivity index (χ0v) is 12.1. The van der Waals surface area contributed by atoms with Crippen molar-refractivity contribution >= 4 is 15.7 Å². The molecule has 0 aliphatic rings. The van der Waals surface area contributed by atoms with Gasteiger partial charge < -0.3 is 14.9 Å². The van der Waals surface area contributed by atoms with Gasteiger partial charge in [-0.15, -0.1) is 0 Å². The summed E-state index contributed by atoms with van der Waals surface area (Å²) in [6, 6.07) is 7.92. The van der Waals surface area contributed by atoms with E-state index in [9.17, 15) is 8.42 Å². The number of anilines is 1. The number of nitrogen functional groups attached to an aromatic ring is 1. The Kier molecular flexibility index (Phi) is 4.01. The highest BCUT2D eigenvalue weighted by Crippen LogP contribution is 2.26. The molecule has 2 N–H and O–H groups in total. The van der Waals surface area contributed by atoms with E-state index in [1.807, 2.05) is 0 Å². The molecule has 0 radical (unpaired) electrons. The summed E-state index contributed by atoms with van der Waals surface area (Å²) in [6.07, 6.45) is 1.55. The number of ether oxygens (including phenoxy) is 1. The molecule has 2 rings (SSSR count). The third kappa shape index (κ3) is 2.94. The molecular weight excluding hydrogens is 280 g/mol. The molecule has 0 saturated heterocycles. The van der Waals surface area contributed by atoms with E-state index < -0.39 is 10.0 Å². The quantitative estimate of drug-likeness (QED) is 0.849. The van der Waals surface area contributed by atoms with Crippen LogP contribution >= 0.6 is 0 Å². The topological polar surface area (TPSA) is 85.8 Å². The van der Waals surface area contributed by atoms with Crippen LogP contribution in [0.4, 0.5) is 5.69 Å². The Morgan fingerprint density at radius 1 is 1.30 bits per heavy atom. The highest BCUT2D eigenvalue weighted by Gasteiger charge is 2.18. The maximum absolute atomic E-state index is 12.0. The lowest BCUT2D eigenvalue weighted by Crippen LogP contribution is -2.22. The zero-order valence-electron chi connectivity index (χ0n) is 11.2. The minimum Gasteiger partial charge on any atom is -0.483 e. The maximum atomic E-state index is 12.0. The fraction of sp³-hybridized carbons (Fsp3) is 0.231. The molecule has 2 aromatic rings. The van der Waals surface area contributed by atoms with Gasteiger partial charge in [-0.1, -0.05) is 0 Å². The first kappa shape index (κ1) is 14.4. The molecule has 0 unspecified atom stereocenters. The number of furan rings is 1. The van der Waals surface area contributed by atoms with Gasteiger partial charge in [0.25, 0.3) is 0 Å². The van der Waals surface area contributed by atoms with Gasteiger partial charge in [-0.25, -0.2) is 12.7 Å². The second-order valence-electron chi connectivity index (χ2n) is 4.36. The number of hydrogen-bond donors (Lipinski definition) is 1. The summed E-state index contributed by atoms with van der Waals surface area (Å²) >= 11 is 0. The summed E-state index contributed by atoms with van der Waals surface area (Å²) in [7, 11) is -0.565. The molecule has 0 amide bonds. The van der Waals surface area contributed by atoms with Crippen LogP contribution in [0.2, 0.25) is 0 Å². The molecule has 0 atom stereocenters. The third-order valence-corrected chi connectivity index (χ3v) is 4.52. The van der Waals surface area contributed by atoms with Crippen molar-refractivity contribution in [3.05, 3.63) is 42.4 Å². The van der Waals surface area contributed by atoms with E-state index in [0.717, 1.165) is 4.31 Å². The Balaban J connectivity index is 2.18. The van der Waals surface area contributed by atoms with Crippen molar-refractivity contribution in [2.45, 2.75) is 11.5 Å². The van der Waals surface area contributed by atoms with E-state index in [2.05, 4.69) is 0 Å². The summed E-state index contributed by atoms with van der Waals surface area (Å²) in [5.41, 5.74) is 6.08. The van der Waals surface area contributed by atoms with Gasteiger partial charge in [0.1, 0.15) is 18.1 Å². The van der Waals surface area contributed by atoms with Crippen molar-refractivity contribution in [2.24, 2.45) is 0 Å². The van der Waals surface area contributed by atoms with Crippen molar-refractivity contribution in [1.29, 1.82) is 0 Å². The lowest BCUT2D eigenvalue weighted by atomic mass is 10.3. The van der Waals surface area contributed by atoms with Crippen LogP contribution in [0.3, 0.4) is 0 Å². The molecule has 1 heterocycles. The Morgan fingerprint density at radius 3 is 2.60 bits per heavy atom. The van der Waals surface area contributed by atoms with Crippen molar-refractivity contribution in [2.75, 3.05) is 19.8 Å². The Hall–Kier alpha value is -1.99. The first-order chi connectivity index (χ1) is 9.41. The van der Waals surface area contributed by atoms with Crippen LogP contribution in [-0.2, 0) is 16.6 Å². The van der Waals surface area contributed by atoms with Gasteiger partial charge in [0, 0.05) is 14.1 Å². The second-order valence-corrected chi connectivity index (χ2v) is 6.51. The minimum absolute atomic E-state index is 0.130. The monoisotopic (exact) mass is 296 g/mol. The molecule has 1 aromatic carbocycles. The predicted molar refractivity (Wildman–Crippen MR) is 74.8 cm³/mol. The minimum atomic E-state index is -3.50. The first-order valence-corrected chi connectivity index (χ1v) is 7.32. The molecule has 0 bridgehead atoms. The van der Waals surface area contributed by atoms with Gasteiger partial charge in [0.15, 0.2) is 0 Å². The average Bonchev–Trinajstić information content (AvgIpc) is 2.90. The maximum Gasteiger partial charge on any atom is 0.242 e. The van der Waals surface area contributed by atoms with Gasteiger partial charge in [0.05, 0.1) is 16.8 Å². The fourth-order valence-corrected chi connectivity index (χ4v) is 2.51. The summed E-state index contributed by atoms with van der Waals surface area (Å²) < 4.78 is 35.7. The summed E-state index contributed by atoms with van der Waals surface area (Å²) in [6.45, 7) is 0.233. The number of benzene rings is 1. The van der Waals surface area contributed by atoms with Gasteiger partial charge in [-0.3, -0.25) is 0 Å².